The molecule has 0 saturated heterocycles. The van der Waals surface area contributed by atoms with Crippen LogP contribution in [0.5, 0.6) is 0 Å². The van der Waals surface area contributed by atoms with E-state index in [0.717, 1.165) is 27.8 Å². The molecular weight excluding hydrogens is 384 g/mol. The molecule has 0 saturated carbocycles. The van der Waals surface area contributed by atoms with Crippen molar-refractivity contribution in [1.82, 2.24) is 0 Å². The third kappa shape index (κ3) is 3.84. The predicted molar refractivity (Wildman–Crippen MR) is 125 cm³/mol. The standard InChI is InChI=1S/C28H26O3/c1-17-10-11-18-15-19(25(29)23(18)14-17)8-6-5-7-9-22-26(30)21-13-12-20(28(2,3)4)16-24(21)27(22)31/h5-14,16,31H,15H2,1-4H3/b6-5+,9-7+,19-8+. The van der Waals surface area contributed by atoms with Crippen molar-refractivity contribution in [2.75, 3.05) is 0 Å². The zero-order chi connectivity index (χ0) is 22.3. The molecule has 0 atom stereocenters. The Morgan fingerprint density at radius 1 is 0.871 bits per heavy atom. The van der Waals surface area contributed by atoms with Gasteiger partial charge in [-0.2, -0.15) is 0 Å². The quantitative estimate of drug-likeness (QED) is 0.482. The zero-order valence-corrected chi connectivity index (χ0v) is 18.3. The van der Waals surface area contributed by atoms with Gasteiger partial charge in [0.25, 0.3) is 0 Å². The fourth-order valence-electron chi connectivity index (χ4n) is 3.99. The first-order chi connectivity index (χ1) is 14.7. The van der Waals surface area contributed by atoms with Crippen molar-refractivity contribution in [2.24, 2.45) is 0 Å². The normalized spacial score (nSPS) is 17.5. The van der Waals surface area contributed by atoms with Crippen LogP contribution in [0.2, 0.25) is 0 Å². The number of Topliss-reactive ketones (excluding diaryl/α,β-unsaturated/α-hetero) is 2. The van der Waals surface area contributed by atoms with Gasteiger partial charge in [0.2, 0.25) is 0 Å². The maximum absolute atomic E-state index is 12.7. The molecule has 0 bridgehead atoms. The van der Waals surface area contributed by atoms with E-state index in [1.165, 1.54) is 0 Å². The Balaban J connectivity index is 1.51. The largest absolute Gasteiger partial charge is 0.507 e. The van der Waals surface area contributed by atoms with Crippen LogP contribution in [-0.2, 0) is 11.8 Å². The number of fused-ring (bicyclic) bond motifs is 2. The lowest BCUT2D eigenvalue weighted by atomic mass is 9.85. The summed E-state index contributed by atoms with van der Waals surface area (Å²) < 4.78 is 0. The lowest BCUT2D eigenvalue weighted by molar-refractivity contribution is 0.103. The molecule has 3 nitrogen and oxygen atoms in total. The number of aryl methyl sites for hydroxylation is 1. The van der Waals surface area contributed by atoms with Gasteiger partial charge in [0.1, 0.15) is 5.76 Å². The summed E-state index contributed by atoms with van der Waals surface area (Å²) in [6, 6.07) is 11.6. The highest BCUT2D eigenvalue weighted by molar-refractivity contribution is 6.21. The maximum atomic E-state index is 12.7. The van der Waals surface area contributed by atoms with Crippen LogP contribution >= 0.6 is 0 Å². The van der Waals surface area contributed by atoms with Crippen molar-refractivity contribution < 1.29 is 14.7 Å². The number of hydrogen-bond acceptors (Lipinski definition) is 3. The fraction of sp³-hybridized carbons (Fsp3) is 0.214. The molecule has 0 heterocycles. The van der Waals surface area contributed by atoms with Crippen molar-refractivity contribution in [3.05, 3.63) is 111 Å². The highest BCUT2D eigenvalue weighted by Gasteiger charge is 2.29. The molecule has 156 valence electrons. The van der Waals surface area contributed by atoms with E-state index in [0.29, 0.717) is 17.5 Å². The van der Waals surface area contributed by atoms with E-state index < -0.39 is 0 Å². The Bertz CT molecular complexity index is 1230. The minimum Gasteiger partial charge on any atom is -0.507 e. The van der Waals surface area contributed by atoms with Crippen LogP contribution in [0.15, 0.2) is 77.9 Å². The Morgan fingerprint density at radius 2 is 1.65 bits per heavy atom. The number of carbonyl (C=O) groups is 2. The average molecular weight is 411 g/mol. The first-order valence-electron chi connectivity index (χ1n) is 10.5. The molecule has 1 N–H and O–H groups in total. The summed E-state index contributed by atoms with van der Waals surface area (Å²) in [5.41, 5.74) is 6.09. The Morgan fingerprint density at radius 3 is 2.39 bits per heavy atom. The Kier molecular flexibility index (Phi) is 5.14. The van der Waals surface area contributed by atoms with Crippen LogP contribution < -0.4 is 0 Å². The highest BCUT2D eigenvalue weighted by Crippen LogP contribution is 2.35. The molecule has 0 spiro atoms. The summed E-state index contributed by atoms with van der Waals surface area (Å²) in [5, 5.41) is 10.6. The second kappa shape index (κ2) is 7.66. The van der Waals surface area contributed by atoms with Gasteiger partial charge in [-0.15, -0.1) is 0 Å². The lowest BCUT2D eigenvalue weighted by Gasteiger charge is -2.19. The van der Waals surface area contributed by atoms with Crippen molar-refractivity contribution in [3.8, 4) is 0 Å². The van der Waals surface area contributed by atoms with Gasteiger partial charge >= 0.3 is 0 Å². The Hall–Kier alpha value is -3.46. The number of ketones is 2. The summed E-state index contributed by atoms with van der Waals surface area (Å²) in [5.74, 6) is -0.0811. The monoisotopic (exact) mass is 410 g/mol. The molecular formula is C28H26O3. The van der Waals surface area contributed by atoms with Crippen molar-refractivity contribution in [1.29, 1.82) is 0 Å². The molecule has 2 aromatic rings. The Labute approximate surface area is 183 Å². The van der Waals surface area contributed by atoms with E-state index in [1.807, 2.05) is 43.3 Å². The number of allylic oxidation sites excluding steroid dienone is 7. The SMILES string of the molecule is Cc1ccc2c(c1)C(=O)/C(=C/C=C/C=C/C1=C(O)c3cc(C(C)(C)C)ccc3C1=O)C2. The first kappa shape index (κ1) is 20.8. The van der Waals surface area contributed by atoms with Crippen LogP contribution in [-0.4, -0.2) is 16.7 Å². The summed E-state index contributed by atoms with van der Waals surface area (Å²) in [6.07, 6.45) is 9.36. The lowest BCUT2D eigenvalue weighted by Crippen LogP contribution is -2.11. The van der Waals surface area contributed by atoms with Crippen molar-refractivity contribution in [2.45, 2.75) is 39.5 Å². The zero-order valence-electron chi connectivity index (χ0n) is 18.3. The molecule has 31 heavy (non-hydrogen) atoms. The molecule has 4 rings (SSSR count). The van der Waals surface area contributed by atoms with Crippen molar-refractivity contribution >= 4 is 17.3 Å². The van der Waals surface area contributed by atoms with E-state index in [9.17, 15) is 14.7 Å². The van der Waals surface area contributed by atoms with E-state index in [4.69, 9.17) is 0 Å². The van der Waals surface area contributed by atoms with E-state index >= 15 is 0 Å². The molecule has 0 aromatic heterocycles. The minimum absolute atomic E-state index is 0.0193. The number of aliphatic hydroxyl groups excluding tert-OH is 1. The molecule has 3 heteroatoms. The molecule has 0 fully saturated rings. The van der Waals surface area contributed by atoms with Gasteiger partial charge in [0.05, 0.1) is 5.57 Å². The van der Waals surface area contributed by atoms with Gasteiger partial charge in [-0.05, 0) is 47.7 Å². The molecule has 2 aliphatic carbocycles. The molecule has 2 aromatic carbocycles. The third-order valence-electron chi connectivity index (χ3n) is 5.85. The van der Waals surface area contributed by atoms with Gasteiger partial charge in [-0.3, -0.25) is 9.59 Å². The molecule has 0 radical (unpaired) electrons. The van der Waals surface area contributed by atoms with Crippen LogP contribution in [0.25, 0.3) is 5.76 Å². The van der Waals surface area contributed by atoms with Crippen LogP contribution in [0, 0.1) is 6.92 Å². The molecule has 0 aliphatic heterocycles. The third-order valence-corrected chi connectivity index (χ3v) is 5.85. The number of carbonyl (C=O) groups excluding carboxylic acids is 2. The van der Waals surface area contributed by atoms with E-state index in [1.54, 1.807) is 30.4 Å². The second-order valence-corrected chi connectivity index (χ2v) is 9.20. The van der Waals surface area contributed by atoms with Crippen LogP contribution in [0.1, 0.15) is 63.7 Å². The number of rotatable bonds is 3. The summed E-state index contributed by atoms with van der Waals surface area (Å²) in [7, 11) is 0. The van der Waals surface area contributed by atoms with Gasteiger partial charge in [-0.25, -0.2) is 0 Å². The second-order valence-electron chi connectivity index (χ2n) is 9.20. The number of benzene rings is 2. The first-order valence-corrected chi connectivity index (χ1v) is 10.5. The maximum Gasteiger partial charge on any atom is 0.197 e. The summed E-state index contributed by atoms with van der Waals surface area (Å²) in [6.45, 7) is 8.28. The molecule has 0 amide bonds. The number of aliphatic hydroxyl groups is 1. The topological polar surface area (TPSA) is 54.4 Å². The van der Waals surface area contributed by atoms with E-state index in [2.05, 4.69) is 20.8 Å². The van der Waals surface area contributed by atoms with Crippen LogP contribution in [0.4, 0.5) is 0 Å². The number of hydrogen-bond donors (Lipinski definition) is 1. The smallest absolute Gasteiger partial charge is 0.197 e. The van der Waals surface area contributed by atoms with Gasteiger partial charge in [0.15, 0.2) is 11.6 Å². The van der Waals surface area contributed by atoms with Gasteiger partial charge in [-0.1, -0.05) is 68.8 Å². The fourth-order valence-corrected chi connectivity index (χ4v) is 3.99. The van der Waals surface area contributed by atoms with Gasteiger partial charge < -0.3 is 5.11 Å². The molecule has 2 aliphatic rings. The minimum atomic E-state index is -0.173. The van der Waals surface area contributed by atoms with E-state index in [-0.39, 0.29) is 28.3 Å². The summed E-state index contributed by atoms with van der Waals surface area (Å²) >= 11 is 0. The van der Waals surface area contributed by atoms with Crippen LogP contribution in [0.3, 0.4) is 0 Å². The average Bonchev–Trinajstić information content (AvgIpc) is 3.15. The van der Waals surface area contributed by atoms with Crippen molar-refractivity contribution in [3.63, 3.8) is 0 Å². The van der Waals surface area contributed by atoms with Gasteiger partial charge in [0, 0.05) is 28.7 Å². The molecule has 0 unspecified atom stereocenters. The predicted octanol–water partition coefficient (Wildman–Crippen LogP) is 6.24. The highest BCUT2D eigenvalue weighted by atomic mass is 16.3. The summed E-state index contributed by atoms with van der Waals surface area (Å²) in [4.78, 5) is 25.2.